The summed E-state index contributed by atoms with van der Waals surface area (Å²) in [7, 11) is 0. The topological polar surface area (TPSA) is 53.6 Å². The van der Waals surface area contributed by atoms with Gasteiger partial charge in [0, 0.05) is 22.6 Å². The van der Waals surface area contributed by atoms with E-state index < -0.39 is 5.82 Å². The molecule has 2 N–H and O–H groups in total. The number of benzene rings is 2. The molecule has 3 rings (SSSR count). The molecule has 0 saturated heterocycles. The van der Waals surface area contributed by atoms with Crippen molar-refractivity contribution < 1.29 is 19.0 Å². The standard InChI is InChI=1S/C15H11FO3/c1-8-4-9-5-10(16)6-13(15(9)19-8)12-3-2-11(17)7-14(12)18/h2-7,17-18H,1H3. The lowest BCUT2D eigenvalue weighted by atomic mass is 10.0. The first-order chi connectivity index (χ1) is 9.04. The lowest BCUT2D eigenvalue weighted by Crippen LogP contribution is -1.83. The van der Waals surface area contributed by atoms with Gasteiger partial charge in [-0.1, -0.05) is 0 Å². The van der Waals surface area contributed by atoms with Crippen molar-refractivity contribution in [3.05, 3.63) is 48.0 Å². The van der Waals surface area contributed by atoms with Crippen molar-refractivity contribution in [2.75, 3.05) is 0 Å². The third-order valence-corrected chi connectivity index (χ3v) is 2.98. The Morgan fingerprint density at radius 1 is 1.00 bits per heavy atom. The maximum absolute atomic E-state index is 13.6. The summed E-state index contributed by atoms with van der Waals surface area (Å²) in [5.41, 5.74) is 1.39. The second-order valence-electron chi connectivity index (χ2n) is 4.43. The van der Waals surface area contributed by atoms with Crippen LogP contribution < -0.4 is 0 Å². The summed E-state index contributed by atoms with van der Waals surface area (Å²) in [6.07, 6.45) is 0. The molecule has 3 nitrogen and oxygen atoms in total. The van der Waals surface area contributed by atoms with Gasteiger partial charge in [-0.05, 0) is 37.3 Å². The summed E-state index contributed by atoms with van der Waals surface area (Å²) in [4.78, 5) is 0. The zero-order chi connectivity index (χ0) is 13.6. The van der Waals surface area contributed by atoms with Crippen LogP contribution >= 0.6 is 0 Å². The number of hydrogen-bond acceptors (Lipinski definition) is 3. The lowest BCUT2D eigenvalue weighted by molar-refractivity contribution is 0.452. The molecule has 0 aliphatic rings. The fraction of sp³-hybridized carbons (Fsp3) is 0.0667. The van der Waals surface area contributed by atoms with Gasteiger partial charge in [-0.3, -0.25) is 0 Å². The van der Waals surface area contributed by atoms with Gasteiger partial charge < -0.3 is 14.6 Å². The third kappa shape index (κ3) is 1.91. The highest BCUT2D eigenvalue weighted by molar-refractivity contribution is 5.94. The van der Waals surface area contributed by atoms with Crippen LogP contribution in [0.15, 0.2) is 40.8 Å². The molecule has 4 heteroatoms. The number of aryl methyl sites for hydroxylation is 1. The molecule has 0 saturated carbocycles. The van der Waals surface area contributed by atoms with Crippen molar-refractivity contribution >= 4 is 11.0 Å². The van der Waals surface area contributed by atoms with Gasteiger partial charge in [-0.25, -0.2) is 4.39 Å². The first-order valence-electron chi connectivity index (χ1n) is 5.76. The van der Waals surface area contributed by atoms with Crippen LogP contribution in [0.3, 0.4) is 0 Å². The molecule has 0 aliphatic heterocycles. The van der Waals surface area contributed by atoms with Crippen molar-refractivity contribution in [1.29, 1.82) is 0 Å². The van der Waals surface area contributed by atoms with Gasteiger partial charge in [0.25, 0.3) is 0 Å². The molecule has 1 aromatic heterocycles. The smallest absolute Gasteiger partial charge is 0.142 e. The van der Waals surface area contributed by atoms with Crippen LogP contribution in [0, 0.1) is 12.7 Å². The monoisotopic (exact) mass is 258 g/mol. The Labute approximate surface area is 108 Å². The predicted molar refractivity (Wildman–Crippen MR) is 69.7 cm³/mol. The number of fused-ring (bicyclic) bond motifs is 1. The van der Waals surface area contributed by atoms with E-state index in [1.807, 2.05) is 0 Å². The molecule has 0 atom stereocenters. The minimum atomic E-state index is -0.407. The van der Waals surface area contributed by atoms with E-state index in [4.69, 9.17) is 4.42 Å². The van der Waals surface area contributed by atoms with E-state index in [-0.39, 0.29) is 11.5 Å². The van der Waals surface area contributed by atoms with Crippen molar-refractivity contribution in [3.8, 4) is 22.6 Å². The van der Waals surface area contributed by atoms with Crippen molar-refractivity contribution in [2.24, 2.45) is 0 Å². The molecule has 0 aliphatic carbocycles. The molecule has 0 fully saturated rings. The number of aromatic hydroxyl groups is 2. The van der Waals surface area contributed by atoms with Gasteiger partial charge >= 0.3 is 0 Å². The maximum atomic E-state index is 13.6. The molecule has 1 heterocycles. The van der Waals surface area contributed by atoms with E-state index in [1.54, 1.807) is 13.0 Å². The van der Waals surface area contributed by atoms with Crippen LogP contribution in [0.25, 0.3) is 22.1 Å². The maximum Gasteiger partial charge on any atom is 0.142 e. The number of halogens is 1. The van der Waals surface area contributed by atoms with E-state index in [0.717, 1.165) is 0 Å². The second kappa shape index (κ2) is 4.02. The van der Waals surface area contributed by atoms with E-state index in [9.17, 15) is 14.6 Å². The highest BCUT2D eigenvalue weighted by Crippen LogP contribution is 2.37. The molecule has 0 spiro atoms. The van der Waals surface area contributed by atoms with Crippen LogP contribution in [0.1, 0.15) is 5.76 Å². The van der Waals surface area contributed by atoms with Crippen LogP contribution in [0.4, 0.5) is 4.39 Å². The molecule has 19 heavy (non-hydrogen) atoms. The van der Waals surface area contributed by atoms with E-state index in [1.165, 1.54) is 30.3 Å². The molecule has 3 aromatic rings. The number of furan rings is 1. The molecule has 0 amide bonds. The van der Waals surface area contributed by atoms with Crippen LogP contribution in [0.2, 0.25) is 0 Å². The number of rotatable bonds is 1. The summed E-state index contributed by atoms with van der Waals surface area (Å²) in [6.45, 7) is 1.78. The van der Waals surface area contributed by atoms with Crippen LogP contribution in [-0.2, 0) is 0 Å². The van der Waals surface area contributed by atoms with Gasteiger partial charge in [0.1, 0.15) is 28.7 Å². The summed E-state index contributed by atoms with van der Waals surface area (Å²) in [6, 6.07) is 8.59. The Morgan fingerprint density at radius 2 is 1.79 bits per heavy atom. The number of hydrogen-bond donors (Lipinski definition) is 2. The van der Waals surface area contributed by atoms with Gasteiger partial charge in [-0.2, -0.15) is 0 Å². The molecule has 0 bridgehead atoms. The first-order valence-corrected chi connectivity index (χ1v) is 5.76. The van der Waals surface area contributed by atoms with Gasteiger partial charge in [0.2, 0.25) is 0 Å². The Morgan fingerprint density at radius 3 is 2.53 bits per heavy atom. The lowest BCUT2D eigenvalue weighted by Gasteiger charge is -2.06. The highest BCUT2D eigenvalue weighted by atomic mass is 19.1. The Bertz CT molecular complexity index is 774. The minimum Gasteiger partial charge on any atom is -0.508 e. The molecular weight excluding hydrogens is 247 g/mol. The summed E-state index contributed by atoms with van der Waals surface area (Å²) >= 11 is 0. The van der Waals surface area contributed by atoms with Gasteiger partial charge in [0.15, 0.2) is 0 Å². The van der Waals surface area contributed by atoms with Gasteiger partial charge in [-0.15, -0.1) is 0 Å². The van der Waals surface area contributed by atoms with Crippen molar-refractivity contribution in [2.45, 2.75) is 6.92 Å². The van der Waals surface area contributed by atoms with Crippen LogP contribution in [0.5, 0.6) is 11.5 Å². The first kappa shape index (κ1) is 11.6. The Balaban J connectivity index is 2.35. The SMILES string of the molecule is Cc1cc2cc(F)cc(-c3ccc(O)cc3O)c2o1. The zero-order valence-corrected chi connectivity index (χ0v) is 10.1. The fourth-order valence-corrected chi connectivity index (χ4v) is 2.19. The Hall–Kier alpha value is -2.49. The van der Waals surface area contributed by atoms with Gasteiger partial charge in [0.05, 0.1) is 0 Å². The minimum absolute atomic E-state index is 0.0514. The fourth-order valence-electron chi connectivity index (χ4n) is 2.19. The average molecular weight is 258 g/mol. The summed E-state index contributed by atoms with van der Waals surface area (Å²) in [5.74, 6) is 0.0846. The molecule has 96 valence electrons. The summed E-state index contributed by atoms with van der Waals surface area (Å²) < 4.78 is 19.2. The van der Waals surface area contributed by atoms with E-state index >= 15 is 0 Å². The number of phenols is 2. The largest absolute Gasteiger partial charge is 0.508 e. The second-order valence-corrected chi connectivity index (χ2v) is 4.43. The zero-order valence-electron chi connectivity index (χ0n) is 10.1. The van der Waals surface area contributed by atoms with Crippen molar-refractivity contribution in [1.82, 2.24) is 0 Å². The van der Waals surface area contributed by atoms with E-state index in [2.05, 4.69) is 0 Å². The molecule has 0 unspecified atom stereocenters. The third-order valence-electron chi connectivity index (χ3n) is 2.98. The average Bonchev–Trinajstić information content (AvgIpc) is 2.68. The highest BCUT2D eigenvalue weighted by Gasteiger charge is 2.14. The summed E-state index contributed by atoms with van der Waals surface area (Å²) in [5, 5.41) is 19.8. The normalized spacial score (nSPS) is 11.1. The quantitative estimate of drug-likeness (QED) is 0.694. The number of phenolic OH excluding ortho intramolecular Hbond substituents is 2. The molecular formula is C15H11FO3. The Kier molecular flexibility index (Phi) is 2.45. The molecule has 2 aromatic carbocycles. The van der Waals surface area contributed by atoms with Crippen molar-refractivity contribution in [3.63, 3.8) is 0 Å². The predicted octanol–water partition coefficient (Wildman–Crippen LogP) is 3.96. The van der Waals surface area contributed by atoms with E-state index in [0.29, 0.717) is 27.9 Å². The molecule has 0 radical (unpaired) electrons. The van der Waals surface area contributed by atoms with Crippen LogP contribution in [-0.4, -0.2) is 10.2 Å².